The molecule has 0 spiro atoms. The predicted molar refractivity (Wildman–Crippen MR) is 77.7 cm³/mol. The topological polar surface area (TPSA) is 50.2 Å². The van der Waals surface area contributed by atoms with Crippen LogP contribution in [0.15, 0.2) is 24.3 Å². The first-order valence-electron chi connectivity index (χ1n) is 6.98. The molecule has 1 aromatic heterocycles. The lowest BCUT2D eigenvalue weighted by atomic mass is 9.75. The summed E-state index contributed by atoms with van der Waals surface area (Å²) >= 11 is 0. The Balaban J connectivity index is 2.10. The SMILES string of the molecule is CC1(C)CC(=O)c2ccc(-c3cc(F)c(O)c(F)c3)nc2C1. The Morgan fingerprint density at radius 2 is 1.77 bits per heavy atom. The van der Waals surface area contributed by atoms with E-state index >= 15 is 0 Å². The van der Waals surface area contributed by atoms with E-state index in [9.17, 15) is 13.6 Å². The van der Waals surface area contributed by atoms with Gasteiger partial charge in [0, 0.05) is 17.5 Å². The van der Waals surface area contributed by atoms with Crippen LogP contribution in [0, 0.1) is 17.0 Å². The fraction of sp³-hybridized carbons (Fsp3) is 0.294. The molecule has 0 saturated heterocycles. The third-order valence-corrected chi connectivity index (χ3v) is 3.87. The van der Waals surface area contributed by atoms with Crippen LogP contribution in [-0.4, -0.2) is 15.9 Å². The molecule has 114 valence electrons. The first-order valence-corrected chi connectivity index (χ1v) is 6.98. The van der Waals surface area contributed by atoms with Gasteiger partial charge in [0.1, 0.15) is 0 Å². The smallest absolute Gasteiger partial charge is 0.187 e. The number of ketones is 1. The second-order valence-corrected chi connectivity index (χ2v) is 6.42. The van der Waals surface area contributed by atoms with Gasteiger partial charge in [-0.25, -0.2) is 8.78 Å². The second-order valence-electron chi connectivity index (χ2n) is 6.42. The molecule has 0 amide bonds. The number of aromatic hydroxyl groups is 1. The molecule has 0 saturated carbocycles. The van der Waals surface area contributed by atoms with Gasteiger partial charge in [0.05, 0.1) is 11.4 Å². The molecular formula is C17H15F2NO2. The molecule has 22 heavy (non-hydrogen) atoms. The lowest BCUT2D eigenvalue weighted by Gasteiger charge is -2.29. The van der Waals surface area contributed by atoms with Crippen molar-refractivity contribution in [3.8, 4) is 17.0 Å². The fourth-order valence-corrected chi connectivity index (χ4v) is 2.81. The molecule has 5 heteroatoms. The first kappa shape index (κ1) is 14.6. The van der Waals surface area contributed by atoms with Crippen LogP contribution < -0.4 is 0 Å². The van der Waals surface area contributed by atoms with Crippen LogP contribution in [0.1, 0.15) is 36.3 Å². The number of phenolic OH excluding ortho intramolecular Hbond substituents is 1. The second kappa shape index (κ2) is 4.87. The summed E-state index contributed by atoms with van der Waals surface area (Å²) in [5, 5.41) is 9.16. The third kappa shape index (κ3) is 2.47. The average Bonchev–Trinajstić information content (AvgIpc) is 2.42. The van der Waals surface area contributed by atoms with Gasteiger partial charge in [-0.2, -0.15) is 0 Å². The van der Waals surface area contributed by atoms with E-state index in [1.54, 1.807) is 12.1 Å². The minimum absolute atomic E-state index is 0.0355. The molecule has 1 heterocycles. The first-order chi connectivity index (χ1) is 10.3. The number of benzene rings is 1. The number of aromatic nitrogens is 1. The van der Waals surface area contributed by atoms with Gasteiger partial charge in [-0.15, -0.1) is 0 Å². The summed E-state index contributed by atoms with van der Waals surface area (Å²) in [5.41, 5.74) is 1.64. The van der Waals surface area contributed by atoms with Crippen molar-refractivity contribution in [1.82, 2.24) is 4.98 Å². The molecule has 0 fully saturated rings. The van der Waals surface area contributed by atoms with Crippen LogP contribution >= 0.6 is 0 Å². The van der Waals surface area contributed by atoms with Crippen molar-refractivity contribution in [3.63, 3.8) is 0 Å². The highest BCUT2D eigenvalue weighted by molar-refractivity contribution is 5.98. The molecule has 0 radical (unpaired) electrons. The van der Waals surface area contributed by atoms with Crippen LogP contribution in [0.3, 0.4) is 0 Å². The van der Waals surface area contributed by atoms with Crippen molar-refractivity contribution in [2.45, 2.75) is 26.7 Å². The Labute approximate surface area is 126 Å². The highest BCUT2D eigenvalue weighted by Crippen LogP contribution is 2.35. The number of Topliss-reactive ketones (excluding diaryl/α,β-unsaturated/α-hetero) is 1. The molecule has 1 N–H and O–H groups in total. The highest BCUT2D eigenvalue weighted by atomic mass is 19.1. The van der Waals surface area contributed by atoms with Crippen LogP contribution in [0.25, 0.3) is 11.3 Å². The zero-order valence-electron chi connectivity index (χ0n) is 12.3. The van der Waals surface area contributed by atoms with E-state index in [-0.39, 0.29) is 16.8 Å². The summed E-state index contributed by atoms with van der Waals surface area (Å²) in [4.78, 5) is 16.5. The number of rotatable bonds is 1. The van der Waals surface area contributed by atoms with E-state index in [4.69, 9.17) is 5.11 Å². The van der Waals surface area contributed by atoms with E-state index in [1.165, 1.54) is 0 Å². The molecule has 0 atom stereocenters. The zero-order valence-corrected chi connectivity index (χ0v) is 12.3. The van der Waals surface area contributed by atoms with E-state index < -0.39 is 17.4 Å². The Morgan fingerprint density at radius 3 is 2.41 bits per heavy atom. The normalized spacial score (nSPS) is 16.5. The molecule has 0 aliphatic heterocycles. The Kier molecular flexibility index (Phi) is 3.24. The Bertz CT molecular complexity index is 761. The van der Waals surface area contributed by atoms with E-state index in [2.05, 4.69) is 4.98 Å². The van der Waals surface area contributed by atoms with Crippen molar-refractivity contribution in [2.24, 2.45) is 5.41 Å². The summed E-state index contributed by atoms with van der Waals surface area (Å²) in [6.45, 7) is 3.98. The van der Waals surface area contributed by atoms with Gasteiger partial charge in [0.2, 0.25) is 0 Å². The summed E-state index contributed by atoms with van der Waals surface area (Å²) in [6.07, 6.45) is 1.09. The van der Waals surface area contributed by atoms with Crippen molar-refractivity contribution < 1.29 is 18.7 Å². The molecule has 1 aliphatic rings. The number of pyridine rings is 1. The van der Waals surface area contributed by atoms with Gasteiger partial charge in [-0.1, -0.05) is 13.8 Å². The molecule has 2 aromatic rings. The van der Waals surface area contributed by atoms with E-state index in [0.717, 1.165) is 12.1 Å². The number of hydrogen-bond acceptors (Lipinski definition) is 3. The van der Waals surface area contributed by atoms with Gasteiger partial charge in [0.25, 0.3) is 0 Å². The minimum Gasteiger partial charge on any atom is -0.503 e. The Morgan fingerprint density at radius 1 is 1.14 bits per heavy atom. The van der Waals surface area contributed by atoms with Crippen molar-refractivity contribution in [3.05, 3.63) is 47.2 Å². The highest BCUT2D eigenvalue weighted by Gasteiger charge is 2.32. The van der Waals surface area contributed by atoms with Gasteiger partial charge >= 0.3 is 0 Å². The largest absolute Gasteiger partial charge is 0.503 e. The number of carbonyl (C=O) groups is 1. The van der Waals surface area contributed by atoms with Gasteiger partial charge in [-0.05, 0) is 36.1 Å². The molecule has 0 unspecified atom stereocenters. The third-order valence-electron chi connectivity index (χ3n) is 3.87. The molecule has 1 aliphatic carbocycles. The Hall–Kier alpha value is -2.30. The lowest BCUT2D eigenvalue weighted by Crippen LogP contribution is -2.27. The number of phenols is 1. The van der Waals surface area contributed by atoms with Crippen LogP contribution in [0.2, 0.25) is 0 Å². The molecule has 0 bridgehead atoms. The summed E-state index contributed by atoms with van der Waals surface area (Å²) in [5.74, 6) is -3.04. The number of fused-ring (bicyclic) bond motifs is 1. The van der Waals surface area contributed by atoms with Crippen LogP contribution in [-0.2, 0) is 6.42 Å². The fourth-order valence-electron chi connectivity index (χ4n) is 2.81. The van der Waals surface area contributed by atoms with Crippen molar-refractivity contribution in [1.29, 1.82) is 0 Å². The number of carbonyl (C=O) groups excluding carboxylic acids is 1. The number of hydrogen-bond donors (Lipinski definition) is 1. The van der Waals surface area contributed by atoms with Crippen molar-refractivity contribution >= 4 is 5.78 Å². The standard InChI is InChI=1S/C17H15F2NO2/c1-17(2)7-14-10(15(21)8-17)3-4-13(20-14)9-5-11(18)16(22)12(19)6-9/h3-6,22H,7-8H2,1-2H3. The molecule has 1 aromatic carbocycles. The van der Waals surface area contributed by atoms with Gasteiger partial charge < -0.3 is 5.11 Å². The number of nitrogens with zero attached hydrogens (tertiary/aromatic N) is 1. The van der Waals surface area contributed by atoms with E-state index in [0.29, 0.717) is 29.8 Å². The monoisotopic (exact) mass is 303 g/mol. The van der Waals surface area contributed by atoms with Crippen LogP contribution in [0.5, 0.6) is 5.75 Å². The van der Waals surface area contributed by atoms with Crippen LogP contribution in [0.4, 0.5) is 8.78 Å². The van der Waals surface area contributed by atoms with Crippen molar-refractivity contribution in [2.75, 3.05) is 0 Å². The maximum Gasteiger partial charge on any atom is 0.187 e. The quantitative estimate of drug-likeness (QED) is 0.869. The maximum absolute atomic E-state index is 13.5. The van der Waals surface area contributed by atoms with E-state index in [1.807, 2.05) is 13.8 Å². The summed E-state index contributed by atoms with van der Waals surface area (Å²) < 4.78 is 27.0. The lowest BCUT2D eigenvalue weighted by molar-refractivity contribution is 0.0910. The number of halogens is 2. The minimum atomic E-state index is -1.04. The van der Waals surface area contributed by atoms with Gasteiger partial charge in [-0.3, -0.25) is 9.78 Å². The molecule has 3 nitrogen and oxygen atoms in total. The average molecular weight is 303 g/mol. The predicted octanol–water partition coefficient (Wildman–Crippen LogP) is 3.89. The molecule has 3 rings (SSSR count). The zero-order chi connectivity index (χ0) is 16.1. The summed E-state index contributed by atoms with van der Waals surface area (Å²) in [6, 6.07) is 5.28. The molecular weight excluding hydrogens is 288 g/mol. The summed E-state index contributed by atoms with van der Waals surface area (Å²) in [7, 11) is 0. The maximum atomic E-state index is 13.5. The van der Waals surface area contributed by atoms with Gasteiger partial charge in [0.15, 0.2) is 23.2 Å².